The van der Waals surface area contributed by atoms with Crippen LogP contribution in [0.5, 0.6) is 0 Å². The molecule has 2 N–H and O–H groups in total. The van der Waals surface area contributed by atoms with Crippen molar-refractivity contribution >= 4 is 13.7 Å². The van der Waals surface area contributed by atoms with E-state index < -0.39 is 20.0 Å². The lowest BCUT2D eigenvalue weighted by Crippen LogP contribution is -2.45. The molecule has 3 unspecified atom stereocenters. The summed E-state index contributed by atoms with van der Waals surface area (Å²) >= 11 is 0. The third-order valence-electron chi connectivity index (χ3n) is 15.1. The highest BCUT2D eigenvalue weighted by Crippen LogP contribution is 2.38. The molecule has 8 nitrogen and oxygen atoms in total. The molecular formula is C66H129N2O6P. The molecule has 9 heteroatoms. The summed E-state index contributed by atoms with van der Waals surface area (Å²) in [5, 5.41) is 13.8. The molecule has 0 radical (unpaired) electrons. The summed E-state index contributed by atoms with van der Waals surface area (Å²) < 4.78 is 23.3. The Balaban J connectivity index is 3.80. The number of rotatable bonds is 61. The molecule has 1 amide bonds. The molecule has 0 rings (SSSR count). The molecule has 0 bridgehead atoms. The molecule has 0 aromatic rings. The van der Waals surface area contributed by atoms with Crippen molar-refractivity contribution in [3.63, 3.8) is 0 Å². The van der Waals surface area contributed by atoms with Crippen molar-refractivity contribution in [2.45, 2.75) is 341 Å². The van der Waals surface area contributed by atoms with Gasteiger partial charge in [-0.15, -0.1) is 0 Å². The van der Waals surface area contributed by atoms with Crippen molar-refractivity contribution in [1.82, 2.24) is 5.32 Å². The van der Waals surface area contributed by atoms with Crippen LogP contribution >= 0.6 is 7.82 Å². The topological polar surface area (TPSA) is 108 Å². The van der Waals surface area contributed by atoms with Crippen LogP contribution in [0.3, 0.4) is 0 Å². The SMILES string of the molecule is CCCCCCCC/C=C/CC/C=C/C(O)C(COP(=O)([O-])OCC[N+](C)(C)C)NC(=O)CCCCCCCCCCCCCCCCCCCCCCCCCCCCCCC/C=C\CCCCCCCCCC. The number of aliphatic hydroxyl groups is 1. The van der Waals surface area contributed by atoms with Gasteiger partial charge in [-0.3, -0.25) is 9.36 Å². The number of carbonyl (C=O) groups excluding carboxylic acids is 1. The predicted octanol–water partition coefficient (Wildman–Crippen LogP) is 19.9. The zero-order valence-corrected chi connectivity index (χ0v) is 51.7. The quantitative estimate of drug-likeness (QED) is 0.0272. The summed E-state index contributed by atoms with van der Waals surface area (Å²) in [4.78, 5) is 25.4. The summed E-state index contributed by atoms with van der Waals surface area (Å²) in [6.45, 7) is 4.64. The average molecular weight is 1080 g/mol. The molecule has 3 atom stereocenters. The van der Waals surface area contributed by atoms with Gasteiger partial charge in [0.05, 0.1) is 39.9 Å². The fourth-order valence-electron chi connectivity index (χ4n) is 9.93. The van der Waals surface area contributed by atoms with Crippen LogP contribution in [0.1, 0.15) is 328 Å². The molecule has 0 aromatic heterocycles. The Morgan fingerprint density at radius 3 is 1.08 bits per heavy atom. The number of phosphoric acid groups is 1. The second-order valence-electron chi connectivity index (χ2n) is 23.8. The van der Waals surface area contributed by atoms with Crippen molar-refractivity contribution in [2.75, 3.05) is 40.9 Å². The number of nitrogens with zero attached hydrogens (tertiary/aromatic N) is 1. The Kier molecular flexibility index (Phi) is 56.4. The average Bonchev–Trinajstić information content (AvgIpc) is 3.37. The number of unbranched alkanes of at least 4 members (excludes halogenated alkanes) is 44. The molecule has 0 aromatic carbocycles. The molecule has 0 aliphatic carbocycles. The zero-order chi connectivity index (χ0) is 54.9. The molecule has 0 aliphatic rings. The number of likely N-dealkylation sites (N-methyl/N-ethyl adjacent to an activating group) is 1. The van der Waals surface area contributed by atoms with Gasteiger partial charge >= 0.3 is 0 Å². The van der Waals surface area contributed by atoms with Gasteiger partial charge in [0, 0.05) is 6.42 Å². The molecule has 75 heavy (non-hydrogen) atoms. The van der Waals surface area contributed by atoms with Gasteiger partial charge < -0.3 is 28.8 Å². The fraction of sp³-hybridized carbons (Fsp3) is 0.894. The summed E-state index contributed by atoms with van der Waals surface area (Å²) in [5.74, 6) is -0.203. The van der Waals surface area contributed by atoms with E-state index in [1.807, 2.05) is 27.2 Å². The summed E-state index contributed by atoms with van der Waals surface area (Å²) in [7, 11) is 1.25. The summed E-state index contributed by atoms with van der Waals surface area (Å²) in [6, 6.07) is -0.900. The molecule has 0 aliphatic heterocycles. The van der Waals surface area contributed by atoms with E-state index in [-0.39, 0.29) is 19.1 Å². The second-order valence-corrected chi connectivity index (χ2v) is 25.2. The van der Waals surface area contributed by atoms with Crippen LogP contribution in [-0.2, 0) is 18.4 Å². The predicted molar refractivity (Wildman–Crippen MR) is 325 cm³/mol. The Morgan fingerprint density at radius 2 is 0.747 bits per heavy atom. The molecule has 0 fully saturated rings. The van der Waals surface area contributed by atoms with Gasteiger partial charge in [-0.25, -0.2) is 0 Å². The van der Waals surface area contributed by atoms with Gasteiger partial charge in [0.1, 0.15) is 13.2 Å². The van der Waals surface area contributed by atoms with Gasteiger partial charge in [-0.1, -0.05) is 301 Å². The van der Waals surface area contributed by atoms with Gasteiger partial charge in [0.25, 0.3) is 7.82 Å². The summed E-state index contributed by atoms with van der Waals surface area (Å²) in [5.41, 5.74) is 0. The minimum absolute atomic E-state index is 0.00464. The number of nitrogens with one attached hydrogen (secondary N) is 1. The van der Waals surface area contributed by atoms with Crippen LogP contribution in [0.15, 0.2) is 36.5 Å². The normalized spacial score (nSPS) is 14.0. The Morgan fingerprint density at radius 1 is 0.453 bits per heavy atom. The van der Waals surface area contributed by atoms with Crippen molar-refractivity contribution in [2.24, 2.45) is 0 Å². The maximum Gasteiger partial charge on any atom is 0.268 e. The first-order chi connectivity index (χ1) is 36.5. The van der Waals surface area contributed by atoms with E-state index in [0.717, 1.165) is 38.5 Å². The molecule has 0 saturated carbocycles. The highest BCUT2D eigenvalue weighted by molar-refractivity contribution is 7.45. The largest absolute Gasteiger partial charge is 0.756 e. The highest BCUT2D eigenvalue weighted by atomic mass is 31.2. The van der Waals surface area contributed by atoms with Gasteiger partial charge in [-0.05, 0) is 57.8 Å². The van der Waals surface area contributed by atoms with Crippen molar-refractivity contribution in [1.29, 1.82) is 0 Å². The minimum Gasteiger partial charge on any atom is -0.756 e. The second kappa shape index (κ2) is 57.4. The molecule has 0 spiro atoms. The monoisotopic (exact) mass is 1080 g/mol. The van der Waals surface area contributed by atoms with E-state index in [1.54, 1.807) is 6.08 Å². The van der Waals surface area contributed by atoms with E-state index in [9.17, 15) is 19.4 Å². The Hall–Kier alpha value is -1.28. The third kappa shape index (κ3) is 60.2. The van der Waals surface area contributed by atoms with E-state index in [2.05, 4.69) is 43.5 Å². The van der Waals surface area contributed by atoms with Gasteiger partial charge in [-0.2, -0.15) is 0 Å². The van der Waals surface area contributed by atoms with Crippen LogP contribution in [0.2, 0.25) is 0 Å². The number of hydrogen-bond acceptors (Lipinski definition) is 6. The van der Waals surface area contributed by atoms with Crippen molar-refractivity contribution in [3.8, 4) is 0 Å². The number of allylic oxidation sites excluding steroid dienone is 5. The number of hydrogen-bond donors (Lipinski definition) is 2. The first kappa shape index (κ1) is 73.7. The van der Waals surface area contributed by atoms with E-state index in [1.165, 1.54) is 270 Å². The Labute approximate surface area is 467 Å². The molecule has 444 valence electrons. The number of quaternary nitrogens is 1. The lowest BCUT2D eigenvalue weighted by atomic mass is 10.0. The van der Waals surface area contributed by atoms with Crippen LogP contribution < -0.4 is 10.2 Å². The van der Waals surface area contributed by atoms with Gasteiger partial charge in [0.2, 0.25) is 5.91 Å². The van der Waals surface area contributed by atoms with Crippen LogP contribution in [-0.4, -0.2) is 68.5 Å². The zero-order valence-electron chi connectivity index (χ0n) is 50.8. The third-order valence-corrected chi connectivity index (χ3v) is 16.0. The van der Waals surface area contributed by atoms with E-state index >= 15 is 0 Å². The van der Waals surface area contributed by atoms with Crippen molar-refractivity contribution in [3.05, 3.63) is 36.5 Å². The van der Waals surface area contributed by atoms with E-state index in [4.69, 9.17) is 9.05 Å². The number of carbonyl (C=O) groups is 1. The van der Waals surface area contributed by atoms with Crippen LogP contribution in [0, 0.1) is 0 Å². The van der Waals surface area contributed by atoms with Gasteiger partial charge in [0.15, 0.2) is 0 Å². The first-order valence-corrected chi connectivity index (χ1v) is 34.3. The minimum atomic E-state index is -4.60. The maximum absolute atomic E-state index is 12.9. The van der Waals surface area contributed by atoms with Crippen LogP contribution in [0.25, 0.3) is 0 Å². The van der Waals surface area contributed by atoms with Crippen molar-refractivity contribution < 1.29 is 32.9 Å². The van der Waals surface area contributed by atoms with Crippen LogP contribution in [0.4, 0.5) is 0 Å². The fourth-order valence-corrected chi connectivity index (χ4v) is 10.7. The van der Waals surface area contributed by atoms with E-state index in [0.29, 0.717) is 17.4 Å². The standard InChI is InChI=1S/C66H129N2O6P/c1-6-8-10-12-14-16-18-20-21-22-23-24-25-26-27-28-29-30-31-32-33-34-35-36-37-38-39-40-41-42-43-44-45-46-47-48-50-52-54-56-58-60-66(70)67-64(63-74-75(71,72)73-62-61-68(3,4)5)65(69)59-57-55-53-51-49-19-17-15-13-11-9-7-2/h22-23,49,51,57,59,64-65,69H,6-21,24-48,50,52-56,58,60-63H2,1-5H3,(H-,67,70,71,72)/b23-22-,51-49+,59-57+. The molecular weight excluding hydrogens is 948 g/mol. The summed E-state index contributed by atoms with van der Waals surface area (Å²) in [6.07, 6.45) is 75.8. The lowest BCUT2D eigenvalue weighted by molar-refractivity contribution is -0.870. The molecule has 0 heterocycles. The first-order valence-electron chi connectivity index (χ1n) is 32.9. The number of amides is 1. The molecule has 0 saturated heterocycles. The lowest BCUT2D eigenvalue weighted by Gasteiger charge is -2.29. The smallest absolute Gasteiger partial charge is 0.268 e. The Bertz CT molecular complexity index is 1320. The number of phosphoric ester groups is 1. The number of aliphatic hydroxyl groups excluding tert-OH is 1. The highest BCUT2D eigenvalue weighted by Gasteiger charge is 2.23. The maximum atomic E-state index is 12.9.